The molecule has 2 N–H and O–H groups in total. The van der Waals surface area contributed by atoms with Crippen LogP contribution in [0.25, 0.3) is 0 Å². The molecule has 1 rings (SSSR count). The van der Waals surface area contributed by atoms with Gasteiger partial charge in [-0.1, -0.05) is 0 Å². The smallest absolute Gasteiger partial charge is 0.335 e. The van der Waals surface area contributed by atoms with Crippen LogP contribution in [0.2, 0.25) is 0 Å². The van der Waals surface area contributed by atoms with Gasteiger partial charge in [-0.2, -0.15) is 0 Å². The summed E-state index contributed by atoms with van der Waals surface area (Å²) < 4.78 is 50.3. The molecule has 5 nitrogen and oxygen atoms in total. The molecule has 0 unspecified atom stereocenters. The maximum absolute atomic E-state index is 13.1. The molecule has 0 saturated carbocycles. The van der Waals surface area contributed by atoms with E-state index in [2.05, 4.69) is 0 Å². The minimum absolute atomic E-state index is 0.409. The van der Waals surface area contributed by atoms with Gasteiger partial charge in [-0.05, 0) is 19.2 Å². The zero-order chi connectivity index (χ0) is 12.5. The molecule has 0 aliphatic carbocycles. The largest absolute Gasteiger partial charge is 0.478 e. The number of carboxylic acid groups (broad SMARTS) is 1. The van der Waals surface area contributed by atoms with Crippen molar-refractivity contribution in [2.45, 2.75) is 4.90 Å². The summed E-state index contributed by atoms with van der Waals surface area (Å²) >= 11 is 0. The van der Waals surface area contributed by atoms with Crippen LogP contribution in [0.5, 0.6) is 0 Å². The van der Waals surface area contributed by atoms with E-state index in [-0.39, 0.29) is 0 Å². The van der Waals surface area contributed by atoms with Gasteiger partial charge in [0.15, 0.2) is 11.6 Å². The summed E-state index contributed by atoms with van der Waals surface area (Å²) in [5, 5.41) is 8.56. The van der Waals surface area contributed by atoms with Crippen molar-refractivity contribution >= 4 is 16.0 Å². The Morgan fingerprint density at radius 2 is 1.94 bits per heavy atom. The molecule has 0 fully saturated rings. The van der Waals surface area contributed by atoms with Gasteiger partial charge in [0, 0.05) is 0 Å². The molecule has 0 heterocycles. The quantitative estimate of drug-likeness (QED) is 0.822. The third-order valence-corrected chi connectivity index (χ3v) is 3.21. The third kappa shape index (κ3) is 2.17. The second kappa shape index (κ2) is 4.14. The van der Waals surface area contributed by atoms with Crippen LogP contribution in [0.15, 0.2) is 17.0 Å². The van der Waals surface area contributed by atoms with E-state index in [1.807, 2.05) is 0 Å². The fraction of sp³-hybridized carbons (Fsp3) is 0.125. The summed E-state index contributed by atoms with van der Waals surface area (Å²) in [5.41, 5.74) is -0.646. The van der Waals surface area contributed by atoms with Crippen LogP contribution in [0.3, 0.4) is 0 Å². The Bertz CT molecular complexity index is 541. The Morgan fingerprint density at radius 3 is 2.38 bits per heavy atom. The number of carboxylic acids is 1. The molecular formula is C8H7F2NO4S. The van der Waals surface area contributed by atoms with E-state index >= 15 is 0 Å². The van der Waals surface area contributed by atoms with Gasteiger partial charge in [0.1, 0.15) is 4.90 Å². The molecule has 0 aliphatic rings. The lowest BCUT2D eigenvalue weighted by Crippen LogP contribution is -2.21. The molecule has 0 spiro atoms. The van der Waals surface area contributed by atoms with Crippen molar-refractivity contribution in [3.05, 3.63) is 29.3 Å². The first-order valence-corrected chi connectivity index (χ1v) is 5.44. The summed E-state index contributed by atoms with van der Waals surface area (Å²) in [6.45, 7) is 0. The Labute approximate surface area is 89.8 Å². The normalized spacial score (nSPS) is 11.4. The van der Waals surface area contributed by atoms with E-state index in [9.17, 15) is 22.0 Å². The Hall–Kier alpha value is -1.54. The monoisotopic (exact) mass is 251 g/mol. The number of hydrogen-bond donors (Lipinski definition) is 2. The Kier molecular flexibility index (Phi) is 3.24. The number of halogens is 2. The van der Waals surface area contributed by atoms with E-state index < -0.39 is 38.1 Å². The van der Waals surface area contributed by atoms with Gasteiger partial charge in [0.25, 0.3) is 0 Å². The standard InChI is InChI=1S/C8H7F2NO4S/c1-11-16(14,15)6-3-4(8(12)13)2-5(9)7(6)10/h2-3,11H,1H3,(H,12,13). The average molecular weight is 251 g/mol. The first kappa shape index (κ1) is 12.5. The minimum atomic E-state index is -4.24. The summed E-state index contributed by atoms with van der Waals surface area (Å²) in [5.74, 6) is -4.69. The van der Waals surface area contributed by atoms with E-state index in [4.69, 9.17) is 5.11 Å². The molecule has 0 radical (unpaired) electrons. The second-order valence-corrected chi connectivity index (χ2v) is 4.64. The van der Waals surface area contributed by atoms with Gasteiger partial charge in [0.05, 0.1) is 5.56 Å². The van der Waals surface area contributed by atoms with E-state index in [1.54, 1.807) is 4.72 Å². The third-order valence-electron chi connectivity index (χ3n) is 1.80. The van der Waals surface area contributed by atoms with Gasteiger partial charge >= 0.3 is 5.97 Å². The maximum Gasteiger partial charge on any atom is 0.335 e. The molecule has 8 heteroatoms. The van der Waals surface area contributed by atoms with Crippen LogP contribution in [-0.4, -0.2) is 26.5 Å². The lowest BCUT2D eigenvalue weighted by molar-refractivity contribution is 0.0696. The van der Waals surface area contributed by atoms with Gasteiger partial charge in [-0.15, -0.1) is 0 Å². The van der Waals surface area contributed by atoms with Crippen LogP contribution in [0.4, 0.5) is 8.78 Å². The van der Waals surface area contributed by atoms with E-state index in [1.165, 1.54) is 0 Å². The van der Waals surface area contributed by atoms with Crippen molar-refractivity contribution in [1.82, 2.24) is 4.72 Å². The fourth-order valence-corrected chi connectivity index (χ4v) is 1.83. The van der Waals surface area contributed by atoms with Crippen molar-refractivity contribution in [2.75, 3.05) is 7.05 Å². The SMILES string of the molecule is CNS(=O)(=O)c1cc(C(=O)O)cc(F)c1F. The summed E-state index contributed by atoms with van der Waals surface area (Å²) in [7, 11) is -3.24. The van der Waals surface area contributed by atoms with Gasteiger partial charge in [-0.25, -0.2) is 26.7 Å². The molecule has 0 aromatic heterocycles. The molecule has 0 saturated heterocycles. The predicted molar refractivity (Wildman–Crippen MR) is 49.6 cm³/mol. The predicted octanol–water partition coefficient (Wildman–Crippen LogP) is 0.571. The Morgan fingerprint density at radius 1 is 1.38 bits per heavy atom. The number of rotatable bonds is 3. The van der Waals surface area contributed by atoms with Crippen LogP contribution >= 0.6 is 0 Å². The van der Waals surface area contributed by atoms with Crippen molar-refractivity contribution in [2.24, 2.45) is 0 Å². The average Bonchev–Trinajstić information content (AvgIpc) is 2.21. The number of aromatic carboxylic acids is 1. The number of carbonyl (C=O) groups is 1. The summed E-state index contributed by atoms with van der Waals surface area (Å²) in [6, 6.07) is 0.957. The molecule has 1 aromatic rings. The summed E-state index contributed by atoms with van der Waals surface area (Å²) in [6.07, 6.45) is 0. The summed E-state index contributed by atoms with van der Waals surface area (Å²) in [4.78, 5) is 9.49. The topological polar surface area (TPSA) is 83.5 Å². The highest BCUT2D eigenvalue weighted by Crippen LogP contribution is 2.19. The van der Waals surface area contributed by atoms with Gasteiger partial charge in [0.2, 0.25) is 10.0 Å². The molecule has 1 aromatic carbocycles. The highest BCUT2D eigenvalue weighted by molar-refractivity contribution is 7.89. The van der Waals surface area contributed by atoms with Gasteiger partial charge in [-0.3, -0.25) is 0 Å². The van der Waals surface area contributed by atoms with Crippen LogP contribution in [0, 0.1) is 11.6 Å². The second-order valence-electron chi connectivity index (χ2n) is 2.78. The highest BCUT2D eigenvalue weighted by Gasteiger charge is 2.23. The molecule has 0 bridgehead atoms. The fourth-order valence-electron chi connectivity index (χ4n) is 0.993. The van der Waals surface area contributed by atoms with Crippen LogP contribution in [-0.2, 0) is 10.0 Å². The number of sulfonamides is 1. The Balaban J connectivity index is 3.57. The zero-order valence-electron chi connectivity index (χ0n) is 7.99. The first-order valence-electron chi connectivity index (χ1n) is 3.95. The molecule has 0 amide bonds. The molecular weight excluding hydrogens is 244 g/mol. The van der Waals surface area contributed by atoms with Crippen LogP contribution < -0.4 is 4.72 Å². The van der Waals surface area contributed by atoms with E-state index in [0.717, 1.165) is 7.05 Å². The van der Waals surface area contributed by atoms with Crippen molar-refractivity contribution in [3.63, 3.8) is 0 Å². The van der Waals surface area contributed by atoms with E-state index in [0.29, 0.717) is 12.1 Å². The number of hydrogen-bond acceptors (Lipinski definition) is 3. The lowest BCUT2D eigenvalue weighted by atomic mass is 10.2. The molecule has 88 valence electrons. The first-order chi connectivity index (χ1) is 7.29. The van der Waals surface area contributed by atoms with Crippen LogP contribution in [0.1, 0.15) is 10.4 Å². The van der Waals surface area contributed by atoms with Crippen molar-refractivity contribution < 1.29 is 27.1 Å². The molecule has 0 atom stereocenters. The number of benzene rings is 1. The van der Waals surface area contributed by atoms with Crippen molar-refractivity contribution in [1.29, 1.82) is 0 Å². The maximum atomic E-state index is 13.1. The highest BCUT2D eigenvalue weighted by atomic mass is 32.2. The van der Waals surface area contributed by atoms with Crippen molar-refractivity contribution in [3.8, 4) is 0 Å². The zero-order valence-corrected chi connectivity index (χ0v) is 8.81. The molecule has 0 aliphatic heterocycles. The van der Waals surface area contributed by atoms with Gasteiger partial charge < -0.3 is 5.11 Å². The minimum Gasteiger partial charge on any atom is -0.478 e. The lowest BCUT2D eigenvalue weighted by Gasteiger charge is -2.05. The molecule has 16 heavy (non-hydrogen) atoms. The number of nitrogens with one attached hydrogen (secondary N) is 1.